The van der Waals surface area contributed by atoms with Crippen LogP contribution in [0.15, 0.2) is 52.3 Å². The van der Waals surface area contributed by atoms with Crippen LogP contribution < -0.4 is 5.32 Å². The fraction of sp³-hybridized carbons (Fsp3) is 0.294. The van der Waals surface area contributed by atoms with Gasteiger partial charge >= 0.3 is 0 Å². The summed E-state index contributed by atoms with van der Waals surface area (Å²) < 4.78 is 0. The summed E-state index contributed by atoms with van der Waals surface area (Å²) >= 11 is 7.94. The Morgan fingerprint density at radius 2 is 1.90 bits per heavy atom. The van der Waals surface area contributed by atoms with E-state index in [0.29, 0.717) is 0 Å². The standard InChI is InChI=1S/C17H20ClNS/c1-3-10-19-12-14-8-9-15(18)11-17(14)20-16-7-5-4-6-13(16)2/h4-9,11,19H,3,10,12H2,1-2H3. The van der Waals surface area contributed by atoms with Crippen molar-refractivity contribution in [2.45, 2.75) is 36.6 Å². The van der Waals surface area contributed by atoms with E-state index in [1.807, 2.05) is 6.07 Å². The zero-order valence-corrected chi connectivity index (χ0v) is 13.5. The Morgan fingerprint density at radius 3 is 2.65 bits per heavy atom. The van der Waals surface area contributed by atoms with Crippen molar-refractivity contribution >= 4 is 23.4 Å². The van der Waals surface area contributed by atoms with Gasteiger partial charge in [0, 0.05) is 21.4 Å². The second kappa shape index (κ2) is 7.72. The third-order valence-electron chi connectivity index (χ3n) is 3.08. The summed E-state index contributed by atoms with van der Waals surface area (Å²) in [5, 5.41) is 4.25. The summed E-state index contributed by atoms with van der Waals surface area (Å²) in [6, 6.07) is 14.6. The van der Waals surface area contributed by atoms with Crippen molar-refractivity contribution in [3.63, 3.8) is 0 Å². The fourth-order valence-electron chi connectivity index (χ4n) is 1.96. The molecule has 0 aliphatic carbocycles. The van der Waals surface area contributed by atoms with Crippen molar-refractivity contribution in [1.82, 2.24) is 5.32 Å². The van der Waals surface area contributed by atoms with Crippen LogP contribution in [-0.4, -0.2) is 6.54 Å². The zero-order valence-electron chi connectivity index (χ0n) is 11.9. The quantitative estimate of drug-likeness (QED) is 0.727. The number of halogens is 1. The SMILES string of the molecule is CCCNCc1ccc(Cl)cc1Sc1ccccc1C. The number of hydrogen-bond acceptors (Lipinski definition) is 2. The summed E-state index contributed by atoms with van der Waals surface area (Å²) in [6.45, 7) is 6.25. The largest absolute Gasteiger partial charge is 0.313 e. The average Bonchev–Trinajstić information content (AvgIpc) is 2.44. The lowest BCUT2D eigenvalue weighted by Gasteiger charge is -2.12. The Labute approximate surface area is 130 Å². The summed E-state index contributed by atoms with van der Waals surface area (Å²) in [5.74, 6) is 0. The minimum atomic E-state index is 0.792. The highest BCUT2D eigenvalue weighted by Crippen LogP contribution is 2.34. The van der Waals surface area contributed by atoms with E-state index in [2.05, 4.69) is 55.6 Å². The van der Waals surface area contributed by atoms with Gasteiger partial charge in [-0.05, 0) is 49.2 Å². The second-order valence-corrected chi connectivity index (χ2v) is 6.32. The first-order valence-corrected chi connectivity index (χ1v) is 8.12. The maximum atomic E-state index is 6.15. The molecule has 1 N–H and O–H groups in total. The molecule has 0 aliphatic rings. The van der Waals surface area contributed by atoms with E-state index in [1.54, 1.807) is 11.8 Å². The minimum absolute atomic E-state index is 0.792. The molecule has 1 nitrogen and oxygen atoms in total. The highest BCUT2D eigenvalue weighted by atomic mass is 35.5. The van der Waals surface area contributed by atoms with Crippen molar-refractivity contribution in [1.29, 1.82) is 0 Å². The molecule has 3 heteroatoms. The van der Waals surface area contributed by atoms with Crippen LogP contribution in [0.3, 0.4) is 0 Å². The Balaban J connectivity index is 2.21. The Hall–Kier alpha value is -0.960. The highest BCUT2D eigenvalue weighted by Gasteiger charge is 2.07. The van der Waals surface area contributed by atoms with Crippen LogP contribution >= 0.6 is 23.4 Å². The van der Waals surface area contributed by atoms with Gasteiger partial charge in [-0.15, -0.1) is 0 Å². The predicted octanol–water partition coefficient (Wildman–Crippen LogP) is 5.30. The number of rotatable bonds is 6. The van der Waals surface area contributed by atoms with Crippen molar-refractivity contribution < 1.29 is 0 Å². The van der Waals surface area contributed by atoms with Crippen LogP contribution in [0.5, 0.6) is 0 Å². The number of hydrogen-bond donors (Lipinski definition) is 1. The summed E-state index contributed by atoms with van der Waals surface area (Å²) in [7, 11) is 0. The maximum Gasteiger partial charge on any atom is 0.0417 e. The monoisotopic (exact) mass is 305 g/mol. The topological polar surface area (TPSA) is 12.0 Å². The molecule has 0 fully saturated rings. The lowest BCUT2D eigenvalue weighted by Crippen LogP contribution is -2.14. The van der Waals surface area contributed by atoms with E-state index < -0.39 is 0 Å². The van der Waals surface area contributed by atoms with Crippen LogP contribution in [0.25, 0.3) is 0 Å². The van der Waals surface area contributed by atoms with E-state index in [4.69, 9.17) is 11.6 Å². The third kappa shape index (κ3) is 4.27. The molecule has 0 saturated heterocycles. The lowest BCUT2D eigenvalue weighted by atomic mass is 10.2. The minimum Gasteiger partial charge on any atom is -0.313 e. The lowest BCUT2D eigenvalue weighted by molar-refractivity contribution is 0.669. The predicted molar refractivity (Wildman–Crippen MR) is 88.8 cm³/mol. The Bertz CT molecular complexity index is 569. The molecule has 0 bridgehead atoms. The molecule has 0 radical (unpaired) electrons. The molecule has 0 aromatic heterocycles. The van der Waals surface area contributed by atoms with E-state index >= 15 is 0 Å². The molecule has 0 unspecified atom stereocenters. The molecule has 0 aliphatic heterocycles. The van der Waals surface area contributed by atoms with Crippen LogP contribution in [0.2, 0.25) is 5.02 Å². The van der Waals surface area contributed by atoms with Gasteiger partial charge in [-0.2, -0.15) is 0 Å². The molecule has 0 saturated carbocycles. The van der Waals surface area contributed by atoms with Gasteiger partial charge in [0.2, 0.25) is 0 Å². The average molecular weight is 306 g/mol. The Kier molecular flexibility index (Phi) is 5.96. The zero-order chi connectivity index (χ0) is 14.4. The molecular formula is C17H20ClNS. The van der Waals surface area contributed by atoms with E-state index in [9.17, 15) is 0 Å². The van der Waals surface area contributed by atoms with Gasteiger partial charge in [-0.25, -0.2) is 0 Å². The molecule has 0 amide bonds. The van der Waals surface area contributed by atoms with E-state index in [-0.39, 0.29) is 0 Å². The first-order chi connectivity index (χ1) is 9.70. The first-order valence-electron chi connectivity index (χ1n) is 6.93. The van der Waals surface area contributed by atoms with Crippen molar-refractivity contribution in [2.24, 2.45) is 0 Å². The van der Waals surface area contributed by atoms with E-state index in [1.165, 1.54) is 20.9 Å². The Morgan fingerprint density at radius 1 is 1.10 bits per heavy atom. The van der Waals surface area contributed by atoms with Gasteiger partial charge < -0.3 is 5.32 Å². The number of nitrogens with one attached hydrogen (secondary N) is 1. The second-order valence-electron chi connectivity index (χ2n) is 4.80. The van der Waals surface area contributed by atoms with Crippen LogP contribution in [0.4, 0.5) is 0 Å². The highest BCUT2D eigenvalue weighted by molar-refractivity contribution is 7.99. The molecule has 2 rings (SSSR count). The van der Waals surface area contributed by atoms with Crippen LogP contribution in [-0.2, 0) is 6.54 Å². The molecule has 0 atom stereocenters. The number of aryl methyl sites for hydroxylation is 1. The summed E-state index contributed by atoms with van der Waals surface area (Å²) in [5.41, 5.74) is 2.60. The van der Waals surface area contributed by atoms with Gasteiger partial charge in [0.1, 0.15) is 0 Å². The summed E-state index contributed by atoms with van der Waals surface area (Å²) in [4.78, 5) is 2.52. The molecule has 0 spiro atoms. The normalized spacial score (nSPS) is 10.8. The van der Waals surface area contributed by atoms with Crippen molar-refractivity contribution in [3.05, 3.63) is 58.6 Å². The third-order valence-corrected chi connectivity index (χ3v) is 4.60. The van der Waals surface area contributed by atoms with Gasteiger partial charge in [0.15, 0.2) is 0 Å². The van der Waals surface area contributed by atoms with Crippen molar-refractivity contribution in [3.8, 4) is 0 Å². The summed E-state index contributed by atoms with van der Waals surface area (Å²) in [6.07, 6.45) is 1.15. The van der Waals surface area contributed by atoms with E-state index in [0.717, 1.165) is 24.5 Å². The molecular weight excluding hydrogens is 286 g/mol. The maximum absolute atomic E-state index is 6.15. The molecule has 20 heavy (non-hydrogen) atoms. The number of benzene rings is 2. The van der Waals surface area contributed by atoms with Gasteiger partial charge in [-0.3, -0.25) is 0 Å². The van der Waals surface area contributed by atoms with Gasteiger partial charge in [0.05, 0.1) is 0 Å². The molecule has 106 valence electrons. The smallest absolute Gasteiger partial charge is 0.0417 e. The first kappa shape index (κ1) is 15.4. The van der Waals surface area contributed by atoms with Crippen LogP contribution in [0, 0.1) is 6.92 Å². The molecule has 0 heterocycles. The molecule has 2 aromatic rings. The fourth-order valence-corrected chi connectivity index (χ4v) is 3.27. The van der Waals surface area contributed by atoms with Gasteiger partial charge in [0.25, 0.3) is 0 Å². The van der Waals surface area contributed by atoms with Crippen molar-refractivity contribution in [2.75, 3.05) is 6.54 Å². The molecule has 2 aromatic carbocycles. The van der Waals surface area contributed by atoms with Gasteiger partial charge in [-0.1, -0.05) is 54.6 Å². The van der Waals surface area contributed by atoms with Crippen LogP contribution in [0.1, 0.15) is 24.5 Å².